The zero-order chi connectivity index (χ0) is 12.1. The SMILES string of the molecule is CCC(C)C(Nc1ccccc1Cl)C(N)=O. The molecule has 3 N–H and O–H groups in total. The van der Waals surface area contributed by atoms with Crippen LogP contribution in [-0.2, 0) is 4.79 Å². The molecule has 0 heterocycles. The van der Waals surface area contributed by atoms with Gasteiger partial charge in [0.2, 0.25) is 5.91 Å². The van der Waals surface area contributed by atoms with Crippen LogP contribution in [0.3, 0.4) is 0 Å². The van der Waals surface area contributed by atoms with Gasteiger partial charge in [-0.25, -0.2) is 0 Å². The molecule has 3 nitrogen and oxygen atoms in total. The van der Waals surface area contributed by atoms with Gasteiger partial charge in [-0.05, 0) is 18.1 Å². The van der Waals surface area contributed by atoms with Crippen molar-refractivity contribution in [2.24, 2.45) is 11.7 Å². The summed E-state index contributed by atoms with van der Waals surface area (Å²) < 4.78 is 0. The van der Waals surface area contributed by atoms with Crippen LogP contribution in [-0.4, -0.2) is 11.9 Å². The van der Waals surface area contributed by atoms with E-state index in [0.717, 1.165) is 12.1 Å². The van der Waals surface area contributed by atoms with Crippen molar-refractivity contribution in [2.75, 3.05) is 5.32 Å². The molecule has 0 fully saturated rings. The van der Waals surface area contributed by atoms with E-state index in [1.54, 1.807) is 6.07 Å². The number of primary amides is 1. The monoisotopic (exact) mass is 240 g/mol. The number of nitrogens with two attached hydrogens (primary N) is 1. The van der Waals surface area contributed by atoms with Gasteiger partial charge in [-0.3, -0.25) is 4.79 Å². The summed E-state index contributed by atoms with van der Waals surface area (Å²) in [5, 5.41) is 3.69. The molecule has 0 aliphatic heterocycles. The van der Waals surface area contributed by atoms with Crippen LogP contribution in [0.1, 0.15) is 20.3 Å². The number of anilines is 1. The molecular weight excluding hydrogens is 224 g/mol. The number of para-hydroxylation sites is 1. The summed E-state index contributed by atoms with van der Waals surface area (Å²) >= 11 is 6.01. The Kier molecular flexibility index (Phi) is 4.62. The van der Waals surface area contributed by atoms with Crippen LogP contribution in [0.25, 0.3) is 0 Å². The number of amides is 1. The Morgan fingerprint density at radius 2 is 2.12 bits per heavy atom. The number of rotatable bonds is 5. The van der Waals surface area contributed by atoms with Gasteiger partial charge >= 0.3 is 0 Å². The molecule has 88 valence electrons. The number of benzene rings is 1. The van der Waals surface area contributed by atoms with E-state index in [1.165, 1.54) is 0 Å². The number of hydrogen-bond donors (Lipinski definition) is 2. The van der Waals surface area contributed by atoms with Crippen LogP contribution < -0.4 is 11.1 Å². The van der Waals surface area contributed by atoms with Gasteiger partial charge in [-0.15, -0.1) is 0 Å². The standard InChI is InChI=1S/C12H17ClN2O/c1-3-8(2)11(12(14)16)15-10-7-5-4-6-9(10)13/h4-8,11,15H,3H2,1-2H3,(H2,14,16). The van der Waals surface area contributed by atoms with Crippen LogP contribution in [0.5, 0.6) is 0 Å². The number of nitrogens with one attached hydrogen (secondary N) is 1. The highest BCUT2D eigenvalue weighted by molar-refractivity contribution is 6.33. The Hall–Kier alpha value is -1.22. The normalized spacial score (nSPS) is 14.2. The first kappa shape index (κ1) is 12.8. The number of halogens is 1. The van der Waals surface area contributed by atoms with Crippen molar-refractivity contribution >= 4 is 23.2 Å². The van der Waals surface area contributed by atoms with Gasteiger partial charge in [0.25, 0.3) is 0 Å². The molecule has 0 saturated heterocycles. The smallest absolute Gasteiger partial charge is 0.240 e. The van der Waals surface area contributed by atoms with Crippen LogP contribution in [0.2, 0.25) is 5.02 Å². The highest BCUT2D eigenvalue weighted by Crippen LogP contribution is 2.23. The molecular formula is C12H17ClN2O. The van der Waals surface area contributed by atoms with Crippen LogP contribution >= 0.6 is 11.6 Å². The average molecular weight is 241 g/mol. The second kappa shape index (κ2) is 5.75. The maximum atomic E-state index is 11.3. The summed E-state index contributed by atoms with van der Waals surface area (Å²) in [5.41, 5.74) is 6.11. The van der Waals surface area contributed by atoms with Crippen molar-refractivity contribution < 1.29 is 4.79 Å². The number of carbonyl (C=O) groups is 1. The van der Waals surface area contributed by atoms with Crippen molar-refractivity contribution in [3.63, 3.8) is 0 Å². The predicted molar refractivity (Wildman–Crippen MR) is 67.5 cm³/mol. The molecule has 0 aliphatic carbocycles. The fourth-order valence-corrected chi connectivity index (χ4v) is 1.67. The van der Waals surface area contributed by atoms with Gasteiger partial charge in [-0.2, -0.15) is 0 Å². The van der Waals surface area contributed by atoms with Gasteiger partial charge in [0, 0.05) is 0 Å². The lowest BCUT2D eigenvalue weighted by Gasteiger charge is -2.22. The van der Waals surface area contributed by atoms with E-state index >= 15 is 0 Å². The molecule has 0 spiro atoms. The third kappa shape index (κ3) is 3.14. The Morgan fingerprint density at radius 3 is 2.62 bits per heavy atom. The average Bonchev–Trinajstić information content (AvgIpc) is 2.26. The first-order valence-electron chi connectivity index (χ1n) is 5.36. The minimum atomic E-state index is -0.384. The molecule has 16 heavy (non-hydrogen) atoms. The topological polar surface area (TPSA) is 55.1 Å². The fourth-order valence-electron chi connectivity index (χ4n) is 1.48. The van der Waals surface area contributed by atoms with E-state index in [0.29, 0.717) is 5.02 Å². The summed E-state index contributed by atoms with van der Waals surface area (Å²) in [4.78, 5) is 11.3. The van der Waals surface area contributed by atoms with E-state index in [1.807, 2.05) is 32.0 Å². The van der Waals surface area contributed by atoms with Gasteiger partial charge in [0.1, 0.15) is 6.04 Å². The summed E-state index contributed by atoms with van der Waals surface area (Å²) in [6.07, 6.45) is 0.880. The van der Waals surface area contributed by atoms with Crippen molar-refractivity contribution in [3.8, 4) is 0 Å². The minimum Gasteiger partial charge on any atom is -0.372 e. The molecule has 0 bridgehead atoms. The van der Waals surface area contributed by atoms with E-state index in [4.69, 9.17) is 17.3 Å². The fraction of sp³-hybridized carbons (Fsp3) is 0.417. The molecule has 1 rings (SSSR count). The Morgan fingerprint density at radius 1 is 1.50 bits per heavy atom. The van der Waals surface area contributed by atoms with Gasteiger partial charge in [0.15, 0.2) is 0 Å². The predicted octanol–water partition coefficient (Wildman–Crippen LogP) is 2.65. The Labute approximate surface area is 101 Å². The molecule has 0 aromatic heterocycles. The zero-order valence-corrected chi connectivity index (χ0v) is 10.3. The lowest BCUT2D eigenvalue weighted by molar-refractivity contribution is -0.119. The highest BCUT2D eigenvalue weighted by atomic mass is 35.5. The molecule has 0 radical (unpaired) electrons. The third-order valence-corrected chi connectivity index (χ3v) is 3.03. The largest absolute Gasteiger partial charge is 0.372 e. The summed E-state index contributed by atoms with van der Waals surface area (Å²) in [6.45, 7) is 4.01. The maximum Gasteiger partial charge on any atom is 0.240 e. The third-order valence-electron chi connectivity index (χ3n) is 2.70. The van der Waals surface area contributed by atoms with Crippen LogP contribution in [0, 0.1) is 5.92 Å². The molecule has 0 aliphatic rings. The molecule has 2 unspecified atom stereocenters. The lowest BCUT2D eigenvalue weighted by Crippen LogP contribution is -2.40. The zero-order valence-electron chi connectivity index (χ0n) is 9.53. The van der Waals surface area contributed by atoms with Gasteiger partial charge in [0.05, 0.1) is 10.7 Å². The van der Waals surface area contributed by atoms with Gasteiger partial charge in [-0.1, -0.05) is 44.0 Å². The van der Waals surface area contributed by atoms with Crippen molar-refractivity contribution in [1.82, 2.24) is 0 Å². The summed E-state index contributed by atoms with van der Waals surface area (Å²) in [7, 11) is 0. The van der Waals surface area contributed by atoms with Crippen molar-refractivity contribution in [2.45, 2.75) is 26.3 Å². The highest BCUT2D eigenvalue weighted by Gasteiger charge is 2.21. The molecule has 0 saturated carbocycles. The van der Waals surface area contributed by atoms with Crippen molar-refractivity contribution in [1.29, 1.82) is 0 Å². The van der Waals surface area contributed by atoms with E-state index in [-0.39, 0.29) is 17.9 Å². The van der Waals surface area contributed by atoms with E-state index in [9.17, 15) is 4.79 Å². The molecule has 1 aromatic rings. The van der Waals surface area contributed by atoms with Crippen LogP contribution in [0.4, 0.5) is 5.69 Å². The maximum absolute atomic E-state index is 11.3. The molecule has 4 heteroatoms. The first-order chi connectivity index (χ1) is 7.56. The Balaban J connectivity index is 2.84. The Bertz CT molecular complexity index is 368. The van der Waals surface area contributed by atoms with Crippen LogP contribution in [0.15, 0.2) is 24.3 Å². The summed E-state index contributed by atoms with van der Waals surface area (Å²) in [5.74, 6) is -0.178. The molecule has 1 aromatic carbocycles. The number of hydrogen-bond acceptors (Lipinski definition) is 2. The molecule has 2 atom stereocenters. The van der Waals surface area contributed by atoms with Crippen molar-refractivity contribution in [3.05, 3.63) is 29.3 Å². The lowest BCUT2D eigenvalue weighted by atomic mass is 9.98. The van der Waals surface area contributed by atoms with E-state index < -0.39 is 0 Å². The second-order valence-corrected chi connectivity index (χ2v) is 4.30. The van der Waals surface area contributed by atoms with E-state index in [2.05, 4.69) is 5.32 Å². The first-order valence-corrected chi connectivity index (χ1v) is 5.74. The quantitative estimate of drug-likeness (QED) is 0.832. The second-order valence-electron chi connectivity index (χ2n) is 3.89. The van der Waals surface area contributed by atoms with Gasteiger partial charge < -0.3 is 11.1 Å². The minimum absolute atomic E-state index is 0.175. The summed E-state index contributed by atoms with van der Waals surface area (Å²) in [6, 6.07) is 6.93. The molecule has 1 amide bonds. The number of carbonyl (C=O) groups excluding carboxylic acids is 1.